The zero-order chi connectivity index (χ0) is 12.1. The van der Waals surface area contributed by atoms with Crippen LogP contribution in [-0.2, 0) is 4.79 Å². The summed E-state index contributed by atoms with van der Waals surface area (Å²) in [4.78, 5) is 11.6. The predicted octanol–water partition coefficient (Wildman–Crippen LogP) is 3.39. The Morgan fingerprint density at radius 2 is 1.94 bits per heavy atom. The van der Waals surface area contributed by atoms with Gasteiger partial charge in [-0.15, -0.1) is 0 Å². The molecule has 0 bridgehead atoms. The third-order valence-electron chi connectivity index (χ3n) is 2.87. The number of benzene rings is 1. The number of hydrogen-bond acceptors (Lipinski definition) is 2. The zero-order valence-corrected chi connectivity index (χ0v) is 9.98. The molecule has 0 amide bonds. The van der Waals surface area contributed by atoms with Gasteiger partial charge in [0.15, 0.2) is 5.78 Å². The van der Waals surface area contributed by atoms with Gasteiger partial charge in [-0.1, -0.05) is 30.4 Å². The Morgan fingerprint density at radius 1 is 1.18 bits per heavy atom. The molecule has 0 heterocycles. The molecule has 1 aliphatic rings. The summed E-state index contributed by atoms with van der Waals surface area (Å²) in [7, 11) is 1.65. The van der Waals surface area contributed by atoms with Crippen LogP contribution in [0.4, 0.5) is 0 Å². The summed E-state index contributed by atoms with van der Waals surface area (Å²) >= 11 is 0. The summed E-state index contributed by atoms with van der Waals surface area (Å²) in [5, 5.41) is 0. The molecular weight excluding hydrogens is 212 g/mol. The Bertz CT molecular complexity index is 452. The number of rotatable bonds is 3. The van der Waals surface area contributed by atoms with Crippen LogP contribution in [0.1, 0.15) is 24.8 Å². The summed E-state index contributed by atoms with van der Waals surface area (Å²) in [6, 6.07) is 7.78. The van der Waals surface area contributed by atoms with Crippen LogP contribution >= 0.6 is 0 Å². The van der Waals surface area contributed by atoms with Gasteiger partial charge in [0.1, 0.15) is 5.75 Å². The molecule has 2 nitrogen and oxygen atoms in total. The van der Waals surface area contributed by atoms with Crippen LogP contribution in [0.3, 0.4) is 0 Å². The monoisotopic (exact) mass is 228 g/mol. The van der Waals surface area contributed by atoms with Crippen molar-refractivity contribution in [3.8, 4) is 5.75 Å². The first-order valence-electron chi connectivity index (χ1n) is 5.85. The van der Waals surface area contributed by atoms with E-state index in [2.05, 4.69) is 0 Å². The Labute approximate surface area is 102 Å². The summed E-state index contributed by atoms with van der Waals surface area (Å²) in [5.74, 6) is 1.09. The normalized spacial score (nSPS) is 16.1. The van der Waals surface area contributed by atoms with Crippen molar-refractivity contribution >= 4 is 11.9 Å². The molecule has 0 fully saturated rings. The number of carbonyl (C=O) groups is 1. The van der Waals surface area contributed by atoms with Crippen LogP contribution in [0.25, 0.3) is 6.08 Å². The van der Waals surface area contributed by atoms with Crippen molar-refractivity contribution in [2.24, 2.45) is 0 Å². The smallest absolute Gasteiger partial charge is 0.162 e. The molecule has 2 rings (SSSR count). The Hall–Kier alpha value is -1.83. The van der Waals surface area contributed by atoms with Gasteiger partial charge in [-0.25, -0.2) is 0 Å². The van der Waals surface area contributed by atoms with Crippen LogP contribution in [0.2, 0.25) is 0 Å². The highest BCUT2D eigenvalue weighted by atomic mass is 16.5. The molecule has 0 aliphatic heterocycles. The van der Waals surface area contributed by atoms with Crippen molar-refractivity contribution in [3.05, 3.63) is 47.6 Å². The lowest BCUT2D eigenvalue weighted by Gasteiger charge is -2.07. The van der Waals surface area contributed by atoms with Gasteiger partial charge in [0.2, 0.25) is 0 Å². The van der Waals surface area contributed by atoms with Crippen LogP contribution in [-0.4, -0.2) is 12.9 Å². The van der Waals surface area contributed by atoms with E-state index in [1.54, 1.807) is 7.11 Å². The minimum Gasteiger partial charge on any atom is -0.497 e. The quantitative estimate of drug-likeness (QED) is 0.792. The Balaban J connectivity index is 2.09. The lowest BCUT2D eigenvalue weighted by molar-refractivity contribution is -0.115. The lowest BCUT2D eigenvalue weighted by Crippen LogP contribution is -2.04. The fourth-order valence-corrected chi connectivity index (χ4v) is 1.84. The molecular formula is C15H16O2. The molecule has 0 radical (unpaired) electrons. The molecule has 0 saturated carbocycles. The molecule has 1 aliphatic carbocycles. The first-order valence-corrected chi connectivity index (χ1v) is 5.85. The van der Waals surface area contributed by atoms with E-state index in [1.165, 1.54) is 0 Å². The van der Waals surface area contributed by atoms with E-state index in [-0.39, 0.29) is 5.78 Å². The zero-order valence-electron chi connectivity index (χ0n) is 9.98. The van der Waals surface area contributed by atoms with Gasteiger partial charge in [-0.3, -0.25) is 4.79 Å². The van der Waals surface area contributed by atoms with Crippen molar-refractivity contribution in [2.45, 2.75) is 19.3 Å². The van der Waals surface area contributed by atoms with E-state index in [0.717, 1.165) is 29.7 Å². The molecule has 0 saturated heterocycles. The first-order chi connectivity index (χ1) is 8.29. The maximum absolute atomic E-state index is 11.6. The molecule has 0 atom stereocenters. The number of Topliss-reactive ketones (excluding diaryl/α,β-unsaturated/α-hetero) is 1. The van der Waals surface area contributed by atoms with Gasteiger partial charge in [-0.2, -0.15) is 0 Å². The predicted molar refractivity (Wildman–Crippen MR) is 69.0 cm³/mol. The molecule has 0 spiro atoms. The number of allylic oxidation sites excluding steroid dienone is 3. The van der Waals surface area contributed by atoms with Crippen molar-refractivity contribution < 1.29 is 9.53 Å². The van der Waals surface area contributed by atoms with Gasteiger partial charge in [-0.05, 0) is 30.5 Å². The van der Waals surface area contributed by atoms with E-state index in [0.29, 0.717) is 6.42 Å². The van der Waals surface area contributed by atoms with Gasteiger partial charge < -0.3 is 4.74 Å². The van der Waals surface area contributed by atoms with E-state index in [4.69, 9.17) is 4.74 Å². The third-order valence-corrected chi connectivity index (χ3v) is 2.87. The third kappa shape index (κ3) is 3.06. The molecule has 1 aromatic rings. The fourth-order valence-electron chi connectivity index (χ4n) is 1.84. The molecule has 1 aromatic carbocycles. The standard InChI is InChI=1S/C15H16O2/c1-17-14-10-7-12(8-11-14)6-9-13-4-2-3-5-15(13)16/h4,6-11H,2-3,5H2,1H3/b9-6+. The van der Waals surface area contributed by atoms with Gasteiger partial charge in [0.05, 0.1) is 7.11 Å². The second-order valence-corrected chi connectivity index (χ2v) is 4.08. The van der Waals surface area contributed by atoms with E-state index >= 15 is 0 Å². The van der Waals surface area contributed by atoms with Gasteiger partial charge in [0.25, 0.3) is 0 Å². The highest BCUT2D eigenvalue weighted by molar-refractivity contribution is 5.99. The van der Waals surface area contributed by atoms with Crippen molar-refractivity contribution in [1.29, 1.82) is 0 Å². The van der Waals surface area contributed by atoms with E-state index in [9.17, 15) is 4.79 Å². The molecule has 0 unspecified atom stereocenters. The summed E-state index contributed by atoms with van der Waals surface area (Å²) < 4.78 is 5.09. The largest absolute Gasteiger partial charge is 0.497 e. The van der Waals surface area contributed by atoms with Crippen LogP contribution in [0.5, 0.6) is 5.75 Å². The molecule has 0 N–H and O–H groups in total. The molecule has 2 heteroatoms. The van der Waals surface area contributed by atoms with Gasteiger partial charge in [0, 0.05) is 12.0 Å². The first kappa shape index (κ1) is 11.6. The number of methoxy groups -OCH3 is 1. The average molecular weight is 228 g/mol. The Morgan fingerprint density at radius 3 is 2.59 bits per heavy atom. The fraction of sp³-hybridized carbons (Fsp3) is 0.267. The highest BCUT2D eigenvalue weighted by Crippen LogP contribution is 2.17. The molecule has 17 heavy (non-hydrogen) atoms. The van der Waals surface area contributed by atoms with Crippen LogP contribution in [0, 0.1) is 0 Å². The van der Waals surface area contributed by atoms with E-state index < -0.39 is 0 Å². The van der Waals surface area contributed by atoms with Crippen LogP contribution in [0.15, 0.2) is 42.0 Å². The molecule has 0 aromatic heterocycles. The highest BCUT2D eigenvalue weighted by Gasteiger charge is 2.09. The summed E-state index contributed by atoms with van der Waals surface area (Å²) in [6.07, 6.45) is 8.56. The lowest BCUT2D eigenvalue weighted by atomic mass is 9.97. The summed E-state index contributed by atoms with van der Waals surface area (Å²) in [5.41, 5.74) is 1.91. The molecule has 88 valence electrons. The topological polar surface area (TPSA) is 26.3 Å². The number of ether oxygens (including phenoxy) is 1. The summed E-state index contributed by atoms with van der Waals surface area (Å²) in [6.45, 7) is 0. The number of ketones is 1. The minimum atomic E-state index is 0.251. The second kappa shape index (κ2) is 5.48. The van der Waals surface area contributed by atoms with Gasteiger partial charge >= 0.3 is 0 Å². The second-order valence-electron chi connectivity index (χ2n) is 4.08. The van der Waals surface area contributed by atoms with E-state index in [1.807, 2.05) is 42.5 Å². The SMILES string of the molecule is COc1ccc(/C=C/C2=CCCCC2=O)cc1. The maximum Gasteiger partial charge on any atom is 0.162 e. The van der Waals surface area contributed by atoms with Crippen molar-refractivity contribution in [1.82, 2.24) is 0 Å². The minimum absolute atomic E-state index is 0.251. The maximum atomic E-state index is 11.6. The van der Waals surface area contributed by atoms with Crippen molar-refractivity contribution in [3.63, 3.8) is 0 Å². The van der Waals surface area contributed by atoms with Crippen LogP contribution < -0.4 is 4.74 Å². The average Bonchev–Trinajstić information content (AvgIpc) is 2.38. The Kier molecular flexibility index (Phi) is 3.76. The number of carbonyl (C=O) groups excluding carboxylic acids is 1. The number of hydrogen-bond donors (Lipinski definition) is 0. The van der Waals surface area contributed by atoms with Crippen molar-refractivity contribution in [2.75, 3.05) is 7.11 Å².